The van der Waals surface area contributed by atoms with Crippen molar-refractivity contribution in [1.82, 2.24) is 9.88 Å². The van der Waals surface area contributed by atoms with Gasteiger partial charge in [-0.1, -0.05) is 13.3 Å². The molecule has 1 aromatic carbocycles. The zero-order valence-electron chi connectivity index (χ0n) is 13.4. The molecule has 0 radical (unpaired) electrons. The Morgan fingerprint density at radius 2 is 2.18 bits per heavy atom. The fraction of sp³-hybridized carbons (Fsp3) is 0.500. The number of benzene rings is 1. The smallest absolute Gasteiger partial charge is 0.220 e. The first kappa shape index (κ1) is 14.9. The molecule has 2 N–H and O–H groups in total. The zero-order valence-corrected chi connectivity index (χ0v) is 13.4. The molecule has 4 nitrogen and oxygen atoms in total. The molecule has 0 atom stereocenters. The van der Waals surface area contributed by atoms with Crippen molar-refractivity contribution in [1.29, 1.82) is 0 Å². The molecule has 1 fully saturated rings. The second-order valence-electron chi connectivity index (χ2n) is 6.52. The summed E-state index contributed by atoms with van der Waals surface area (Å²) in [5.41, 5.74) is 2.40. The average Bonchev–Trinajstić information content (AvgIpc) is 2.75. The van der Waals surface area contributed by atoms with Crippen molar-refractivity contribution in [2.75, 3.05) is 6.54 Å². The molecular weight excluding hydrogens is 276 g/mol. The number of rotatable bonds is 5. The van der Waals surface area contributed by atoms with E-state index in [1.807, 2.05) is 26.1 Å². The maximum atomic E-state index is 11.8. The van der Waals surface area contributed by atoms with E-state index in [1.165, 1.54) is 12.0 Å². The number of carbonyl (C=O) groups is 1. The number of aromatic hydroxyl groups is 1. The van der Waals surface area contributed by atoms with Crippen LogP contribution in [-0.2, 0) is 17.3 Å². The van der Waals surface area contributed by atoms with Crippen molar-refractivity contribution >= 4 is 16.8 Å². The van der Waals surface area contributed by atoms with Gasteiger partial charge >= 0.3 is 0 Å². The third-order valence-electron chi connectivity index (χ3n) is 4.96. The fourth-order valence-electron chi connectivity index (χ4n) is 3.53. The summed E-state index contributed by atoms with van der Waals surface area (Å²) in [5, 5.41) is 14.0. The van der Waals surface area contributed by atoms with E-state index in [9.17, 15) is 9.90 Å². The summed E-state index contributed by atoms with van der Waals surface area (Å²) in [5.74, 6) is 0.432. The number of fused-ring (bicyclic) bond motifs is 1. The van der Waals surface area contributed by atoms with Crippen LogP contribution in [0.2, 0.25) is 0 Å². The second kappa shape index (κ2) is 5.67. The van der Waals surface area contributed by atoms with Gasteiger partial charge in [-0.3, -0.25) is 4.79 Å². The molecule has 0 bridgehead atoms. The van der Waals surface area contributed by atoms with Crippen LogP contribution in [0.4, 0.5) is 0 Å². The number of amides is 1. The summed E-state index contributed by atoms with van der Waals surface area (Å²) in [7, 11) is 2.03. The molecule has 1 aliphatic rings. The van der Waals surface area contributed by atoms with Crippen LogP contribution in [0.15, 0.2) is 24.4 Å². The Morgan fingerprint density at radius 1 is 1.41 bits per heavy atom. The second-order valence-corrected chi connectivity index (χ2v) is 6.52. The number of aryl methyl sites for hydroxylation is 1. The fourth-order valence-corrected chi connectivity index (χ4v) is 3.53. The Labute approximate surface area is 131 Å². The number of phenolic OH excluding ortho intramolecular Hbond substituents is 1. The number of hydrogen-bond acceptors (Lipinski definition) is 2. The highest BCUT2D eigenvalue weighted by atomic mass is 16.3. The van der Waals surface area contributed by atoms with Crippen LogP contribution >= 0.6 is 0 Å². The Morgan fingerprint density at radius 3 is 2.82 bits per heavy atom. The summed E-state index contributed by atoms with van der Waals surface area (Å²) >= 11 is 0. The molecule has 0 aliphatic heterocycles. The molecule has 3 rings (SSSR count). The lowest BCUT2D eigenvalue weighted by atomic mass is 9.64. The van der Waals surface area contributed by atoms with Crippen molar-refractivity contribution in [2.24, 2.45) is 7.05 Å². The predicted molar refractivity (Wildman–Crippen MR) is 88.0 cm³/mol. The summed E-state index contributed by atoms with van der Waals surface area (Å²) in [4.78, 5) is 11.8. The first-order chi connectivity index (χ1) is 10.6. The van der Waals surface area contributed by atoms with Gasteiger partial charge in [0.25, 0.3) is 0 Å². The van der Waals surface area contributed by atoms with Crippen LogP contribution in [0.1, 0.15) is 44.6 Å². The third kappa shape index (κ3) is 2.47. The minimum Gasteiger partial charge on any atom is -0.508 e. The normalized spacial score (nSPS) is 16.5. The topological polar surface area (TPSA) is 54.3 Å². The number of nitrogens with zero attached hydrogens (tertiary/aromatic N) is 1. The zero-order chi connectivity index (χ0) is 15.7. The third-order valence-corrected chi connectivity index (χ3v) is 4.96. The molecular formula is C18H24N2O2. The Kier molecular flexibility index (Phi) is 3.85. The minimum atomic E-state index is 0.0245. The Bertz CT molecular complexity index is 698. The van der Waals surface area contributed by atoms with Gasteiger partial charge in [-0.05, 0) is 43.0 Å². The molecule has 4 heteroatoms. The van der Waals surface area contributed by atoms with Gasteiger partial charge in [0.15, 0.2) is 0 Å². The van der Waals surface area contributed by atoms with Gasteiger partial charge in [0.2, 0.25) is 5.91 Å². The molecule has 1 saturated carbocycles. The number of hydrogen-bond donors (Lipinski definition) is 2. The van der Waals surface area contributed by atoms with E-state index >= 15 is 0 Å². The molecule has 0 saturated heterocycles. The molecule has 1 aliphatic carbocycles. The lowest BCUT2D eigenvalue weighted by molar-refractivity contribution is -0.121. The van der Waals surface area contributed by atoms with E-state index in [0.717, 1.165) is 30.2 Å². The number of carbonyl (C=O) groups excluding carboxylic acids is 1. The first-order valence-electron chi connectivity index (χ1n) is 8.11. The van der Waals surface area contributed by atoms with E-state index in [-0.39, 0.29) is 11.3 Å². The Hall–Kier alpha value is -1.97. The molecule has 1 aromatic heterocycles. The molecule has 1 amide bonds. The van der Waals surface area contributed by atoms with Crippen LogP contribution in [0.25, 0.3) is 10.9 Å². The van der Waals surface area contributed by atoms with Crippen LogP contribution in [0.5, 0.6) is 5.75 Å². The van der Waals surface area contributed by atoms with Gasteiger partial charge in [-0.2, -0.15) is 0 Å². The molecule has 2 aromatic rings. The predicted octanol–water partition coefficient (Wildman–Crippen LogP) is 3.22. The summed E-state index contributed by atoms with van der Waals surface area (Å²) in [6.45, 7) is 2.72. The molecule has 118 valence electrons. The molecule has 0 unspecified atom stereocenters. The monoisotopic (exact) mass is 300 g/mol. The minimum absolute atomic E-state index is 0.0245. The average molecular weight is 300 g/mol. The van der Waals surface area contributed by atoms with Crippen molar-refractivity contribution in [3.8, 4) is 5.75 Å². The SMILES string of the molecule is CCCC(=O)NCC1(c2cn(C)c3ccc(O)cc23)CCC1. The van der Waals surface area contributed by atoms with E-state index < -0.39 is 0 Å². The summed E-state index contributed by atoms with van der Waals surface area (Å²) in [6.07, 6.45) is 7.00. The van der Waals surface area contributed by atoms with Gasteiger partial charge < -0.3 is 15.0 Å². The van der Waals surface area contributed by atoms with Gasteiger partial charge in [-0.25, -0.2) is 0 Å². The van der Waals surface area contributed by atoms with Crippen LogP contribution in [0, 0.1) is 0 Å². The van der Waals surface area contributed by atoms with Gasteiger partial charge in [0, 0.05) is 42.5 Å². The van der Waals surface area contributed by atoms with Crippen molar-refractivity contribution < 1.29 is 9.90 Å². The largest absolute Gasteiger partial charge is 0.508 e. The maximum absolute atomic E-state index is 11.8. The van der Waals surface area contributed by atoms with E-state index in [4.69, 9.17) is 0 Å². The van der Waals surface area contributed by atoms with Gasteiger partial charge in [-0.15, -0.1) is 0 Å². The number of nitrogens with one attached hydrogen (secondary N) is 1. The van der Waals surface area contributed by atoms with Gasteiger partial charge in [0.1, 0.15) is 5.75 Å². The summed E-state index contributed by atoms with van der Waals surface area (Å²) < 4.78 is 2.11. The standard InChI is InChI=1S/C18H24N2O2/c1-3-5-17(22)19-12-18(8-4-9-18)15-11-20(2)16-7-6-13(21)10-14(15)16/h6-7,10-11,21H,3-5,8-9,12H2,1-2H3,(H,19,22). The highest BCUT2D eigenvalue weighted by Gasteiger charge is 2.40. The quantitative estimate of drug-likeness (QED) is 0.891. The lowest BCUT2D eigenvalue weighted by Gasteiger charge is -2.42. The summed E-state index contributed by atoms with van der Waals surface area (Å²) in [6, 6.07) is 5.53. The van der Waals surface area contributed by atoms with E-state index in [0.29, 0.717) is 18.7 Å². The molecule has 1 heterocycles. The Balaban J connectivity index is 1.93. The maximum Gasteiger partial charge on any atom is 0.220 e. The van der Waals surface area contributed by atoms with Gasteiger partial charge in [0.05, 0.1) is 0 Å². The number of aromatic nitrogens is 1. The lowest BCUT2D eigenvalue weighted by Crippen LogP contribution is -2.45. The van der Waals surface area contributed by atoms with Crippen LogP contribution in [-0.4, -0.2) is 22.1 Å². The highest BCUT2D eigenvalue weighted by Crippen LogP contribution is 2.46. The molecule has 0 spiro atoms. The first-order valence-corrected chi connectivity index (χ1v) is 8.11. The van der Waals surface area contributed by atoms with E-state index in [1.54, 1.807) is 6.07 Å². The van der Waals surface area contributed by atoms with Crippen molar-refractivity contribution in [3.63, 3.8) is 0 Å². The van der Waals surface area contributed by atoms with E-state index in [2.05, 4.69) is 16.1 Å². The molecule has 22 heavy (non-hydrogen) atoms. The highest BCUT2D eigenvalue weighted by molar-refractivity contribution is 5.87. The van der Waals surface area contributed by atoms with Crippen LogP contribution in [0.3, 0.4) is 0 Å². The van der Waals surface area contributed by atoms with Crippen molar-refractivity contribution in [2.45, 2.75) is 44.4 Å². The number of phenols is 1. The van der Waals surface area contributed by atoms with Crippen LogP contribution < -0.4 is 5.32 Å². The van der Waals surface area contributed by atoms with Crippen molar-refractivity contribution in [3.05, 3.63) is 30.0 Å².